The zero-order valence-electron chi connectivity index (χ0n) is 12.9. The fourth-order valence-corrected chi connectivity index (χ4v) is 3.49. The van der Waals surface area contributed by atoms with Gasteiger partial charge in [0.1, 0.15) is 12.5 Å². The summed E-state index contributed by atoms with van der Waals surface area (Å²) in [6.07, 6.45) is 3.75. The molecule has 6 nitrogen and oxygen atoms in total. The highest BCUT2D eigenvalue weighted by Crippen LogP contribution is 2.37. The highest BCUT2D eigenvalue weighted by Gasteiger charge is 2.43. The van der Waals surface area contributed by atoms with E-state index in [0.717, 1.165) is 38.2 Å². The van der Waals surface area contributed by atoms with Crippen LogP contribution in [-0.2, 0) is 4.74 Å². The Kier molecular flexibility index (Phi) is 4.20. The topological polar surface area (TPSA) is 65.9 Å². The molecule has 22 heavy (non-hydrogen) atoms. The first-order chi connectivity index (χ1) is 10.6. The van der Waals surface area contributed by atoms with Crippen LogP contribution in [0.5, 0.6) is 0 Å². The Labute approximate surface area is 130 Å². The second-order valence-corrected chi connectivity index (χ2v) is 6.30. The summed E-state index contributed by atoms with van der Waals surface area (Å²) in [7, 11) is 0. The lowest BCUT2D eigenvalue weighted by Crippen LogP contribution is -2.58. The molecule has 1 aromatic rings. The number of piperidine rings is 1. The molecule has 3 rings (SSSR count). The van der Waals surface area contributed by atoms with Gasteiger partial charge in [-0.3, -0.25) is 4.90 Å². The molecule has 2 fully saturated rings. The van der Waals surface area contributed by atoms with Crippen LogP contribution in [0, 0.1) is 5.92 Å². The van der Waals surface area contributed by atoms with Crippen molar-refractivity contribution in [3.05, 3.63) is 24.4 Å². The van der Waals surface area contributed by atoms with Crippen molar-refractivity contribution in [3.8, 4) is 0 Å². The van der Waals surface area contributed by atoms with Gasteiger partial charge in [0.15, 0.2) is 0 Å². The number of pyridine rings is 1. The molecule has 1 aromatic heterocycles. The van der Waals surface area contributed by atoms with Crippen molar-refractivity contribution in [1.82, 2.24) is 9.88 Å². The van der Waals surface area contributed by atoms with Crippen LogP contribution in [0.3, 0.4) is 0 Å². The number of carboxylic acid groups (broad SMARTS) is 1. The molecule has 2 aliphatic rings. The second kappa shape index (κ2) is 6.12. The lowest BCUT2D eigenvalue weighted by Gasteiger charge is -2.49. The van der Waals surface area contributed by atoms with E-state index in [1.54, 1.807) is 0 Å². The van der Waals surface area contributed by atoms with Gasteiger partial charge in [0.2, 0.25) is 0 Å². The summed E-state index contributed by atoms with van der Waals surface area (Å²) in [4.78, 5) is 19.1. The van der Waals surface area contributed by atoms with Crippen molar-refractivity contribution in [2.75, 3.05) is 31.3 Å². The van der Waals surface area contributed by atoms with Crippen molar-refractivity contribution < 1.29 is 14.6 Å². The summed E-state index contributed by atoms with van der Waals surface area (Å²) in [5.74, 6) is 1.52. The molecule has 2 aliphatic heterocycles. The predicted molar refractivity (Wildman–Crippen MR) is 82.9 cm³/mol. The van der Waals surface area contributed by atoms with Crippen LogP contribution in [0.25, 0.3) is 0 Å². The lowest BCUT2D eigenvalue weighted by atomic mass is 9.81. The molecule has 1 amide bonds. The smallest absolute Gasteiger partial charge is 0.409 e. The summed E-state index contributed by atoms with van der Waals surface area (Å²) in [5, 5.41) is 9.08. The zero-order chi connectivity index (χ0) is 15.6. The average molecular weight is 305 g/mol. The molecule has 1 N–H and O–H groups in total. The standard InChI is InChI=1S/C16H23N3O3/c1-2-13-9-16(6-8-18(12-22-16)15(20)21)11-19(10-13)14-5-3-4-7-17-14/h3-5,7,13H,2,6,8-12H2,1H3,(H,20,21). The van der Waals surface area contributed by atoms with Crippen LogP contribution in [0.15, 0.2) is 24.4 Å². The lowest BCUT2D eigenvalue weighted by molar-refractivity contribution is -0.139. The predicted octanol–water partition coefficient (Wildman–Crippen LogP) is 2.41. The molecule has 0 aromatic carbocycles. The van der Waals surface area contributed by atoms with E-state index >= 15 is 0 Å². The minimum atomic E-state index is -0.903. The van der Waals surface area contributed by atoms with E-state index in [4.69, 9.17) is 9.84 Å². The molecule has 3 heterocycles. The van der Waals surface area contributed by atoms with Gasteiger partial charge in [-0.2, -0.15) is 0 Å². The summed E-state index contributed by atoms with van der Waals surface area (Å²) >= 11 is 0. The first-order valence-electron chi connectivity index (χ1n) is 7.90. The summed E-state index contributed by atoms with van der Waals surface area (Å²) in [6, 6.07) is 5.94. The Morgan fingerprint density at radius 3 is 3.00 bits per heavy atom. The van der Waals surface area contributed by atoms with E-state index in [1.165, 1.54) is 4.90 Å². The number of hydrogen-bond donors (Lipinski definition) is 1. The minimum absolute atomic E-state index is 0.168. The summed E-state index contributed by atoms with van der Waals surface area (Å²) < 4.78 is 6.04. The molecule has 0 saturated carbocycles. The zero-order valence-corrected chi connectivity index (χ0v) is 12.9. The molecule has 2 saturated heterocycles. The van der Waals surface area contributed by atoms with E-state index in [0.29, 0.717) is 12.5 Å². The van der Waals surface area contributed by atoms with Gasteiger partial charge in [-0.15, -0.1) is 0 Å². The maximum absolute atomic E-state index is 11.1. The fourth-order valence-electron chi connectivity index (χ4n) is 3.49. The largest absolute Gasteiger partial charge is 0.465 e. The Bertz CT molecular complexity index is 515. The molecular formula is C16H23N3O3. The van der Waals surface area contributed by atoms with E-state index < -0.39 is 6.09 Å². The molecule has 0 aliphatic carbocycles. The Balaban J connectivity index is 1.76. The van der Waals surface area contributed by atoms with Crippen LogP contribution in [0.1, 0.15) is 26.2 Å². The Hall–Kier alpha value is -1.82. The van der Waals surface area contributed by atoms with Gasteiger partial charge in [-0.1, -0.05) is 19.4 Å². The Morgan fingerprint density at radius 1 is 1.55 bits per heavy atom. The monoisotopic (exact) mass is 305 g/mol. The van der Waals surface area contributed by atoms with Crippen molar-refractivity contribution >= 4 is 11.9 Å². The first kappa shape index (κ1) is 15.1. The van der Waals surface area contributed by atoms with Gasteiger partial charge in [-0.05, 0) is 30.9 Å². The normalized spacial score (nSPS) is 28.9. The molecule has 120 valence electrons. The third-order valence-corrected chi connectivity index (χ3v) is 4.80. The molecule has 1 spiro atoms. The number of rotatable bonds is 2. The molecule has 2 atom stereocenters. The maximum Gasteiger partial charge on any atom is 0.409 e. The third-order valence-electron chi connectivity index (χ3n) is 4.80. The van der Waals surface area contributed by atoms with Gasteiger partial charge >= 0.3 is 6.09 Å². The van der Waals surface area contributed by atoms with Gasteiger partial charge in [0.25, 0.3) is 0 Å². The second-order valence-electron chi connectivity index (χ2n) is 6.30. The average Bonchev–Trinajstić information content (AvgIpc) is 2.55. The number of ether oxygens (including phenoxy) is 1. The summed E-state index contributed by atoms with van der Waals surface area (Å²) in [5.41, 5.74) is -0.248. The number of carbonyl (C=O) groups is 1. The van der Waals surface area contributed by atoms with Crippen molar-refractivity contribution in [2.45, 2.75) is 31.8 Å². The number of hydrogen-bond acceptors (Lipinski definition) is 4. The molecule has 2 unspecified atom stereocenters. The summed E-state index contributed by atoms with van der Waals surface area (Å²) in [6.45, 7) is 4.69. The van der Waals surface area contributed by atoms with Gasteiger partial charge < -0.3 is 14.7 Å². The van der Waals surface area contributed by atoms with Gasteiger partial charge in [0.05, 0.1) is 5.60 Å². The SMILES string of the molecule is CCC1CN(c2ccccn2)CC2(CCN(C(=O)O)CO2)C1. The van der Waals surface area contributed by atoms with Crippen LogP contribution in [0.2, 0.25) is 0 Å². The fraction of sp³-hybridized carbons (Fsp3) is 0.625. The van der Waals surface area contributed by atoms with Crippen LogP contribution >= 0.6 is 0 Å². The van der Waals surface area contributed by atoms with E-state index in [1.807, 2.05) is 24.4 Å². The minimum Gasteiger partial charge on any atom is -0.465 e. The van der Waals surface area contributed by atoms with Crippen molar-refractivity contribution in [1.29, 1.82) is 0 Å². The van der Waals surface area contributed by atoms with E-state index in [2.05, 4.69) is 16.8 Å². The van der Waals surface area contributed by atoms with E-state index in [-0.39, 0.29) is 12.3 Å². The molecule has 0 bridgehead atoms. The Morgan fingerprint density at radius 2 is 2.41 bits per heavy atom. The molecule has 0 radical (unpaired) electrons. The van der Waals surface area contributed by atoms with Crippen LogP contribution in [-0.4, -0.2) is 53.0 Å². The molecule has 6 heteroatoms. The number of nitrogens with zero attached hydrogens (tertiary/aromatic N) is 3. The van der Waals surface area contributed by atoms with Gasteiger partial charge in [0, 0.05) is 25.8 Å². The highest BCUT2D eigenvalue weighted by atomic mass is 16.5. The van der Waals surface area contributed by atoms with Crippen molar-refractivity contribution in [3.63, 3.8) is 0 Å². The number of anilines is 1. The van der Waals surface area contributed by atoms with E-state index in [9.17, 15) is 4.79 Å². The first-order valence-corrected chi connectivity index (χ1v) is 7.90. The third kappa shape index (κ3) is 3.02. The van der Waals surface area contributed by atoms with Crippen molar-refractivity contribution in [2.24, 2.45) is 5.92 Å². The maximum atomic E-state index is 11.1. The van der Waals surface area contributed by atoms with Crippen LogP contribution < -0.4 is 4.90 Å². The number of amides is 1. The van der Waals surface area contributed by atoms with Crippen LogP contribution in [0.4, 0.5) is 10.6 Å². The molecular weight excluding hydrogens is 282 g/mol. The van der Waals surface area contributed by atoms with Gasteiger partial charge in [-0.25, -0.2) is 9.78 Å². The quantitative estimate of drug-likeness (QED) is 0.909. The number of aromatic nitrogens is 1. The highest BCUT2D eigenvalue weighted by molar-refractivity contribution is 5.64.